The Labute approximate surface area is 96.2 Å². The van der Waals surface area contributed by atoms with Crippen molar-refractivity contribution in [3.8, 4) is 0 Å². The second-order valence-corrected chi connectivity index (χ2v) is 4.18. The number of aliphatic carboxylic acids is 1. The number of imidazole rings is 1. The van der Waals surface area contributed by atoms with Gasteiger partial charge in [0.1, 0.15) is 5.69 Å². The van der Waals surface area contributed by atoms with Gasteiger partial charge in [-0.1, -0.05) is 0 Å². The molecule has 1 saturated carbocycles. The monoisotopic (exact) mass is 239 g/mol. The van der Waals surface area contributed by atoms with Gasteiger partial charge in [0.25, 0.3) is 5.91 Å². The molecular weight excluding hydrogens is 226 g/mol. The molecule has 0 spiro atoms. The fourth-order valence-corrected chi connectivity index (χ4v) is 2.05. The molecule has 4 N–H and O–H groups in total. The van der Waals surface area contributed by atoms with Crippen molar-refractivity contribution in [2.45, 2.75) is 25.3 Å². The fraction of sp³-hybridized carbons (Fsp3) is 0.500. The average Bonchev–Trinajstić information content (AvgIpc) is 2.86. The van der Waals surface area contributed by atoms with Gasteiger partial charge in [0.05, 0.1) is 5.92 Å². The minimum Gasteiger partial charge on any atom is -0.481 e. The predicted octanol–water partition coefficient (Wildman–Crippen LogP) is -0.314. The Morgan fingerprint density at radius 1 is 1.41 bits per heavy atom. The van der Waals surface area contributed by atoms with E-state index < -0.39 is 11.7 Å². The summed E-state index contributed by atoms with van der Waals surface area (Å²) in [7, 11) is 0. The summed E-state index contributed by atoms with van der Waals surface area (Å²) in [5.74, 6) is -1.60. The number of H-pyrrole nitrogens is 2. The first-order valence-corrected chi connectivity index (χ1v) is 5.37. The Morgan fingerprint density at radius 2 is 2.18 bits per heavy atom. The van der Waals surface area contributed by atoms with Crippen LogP contribution in [0, 0.1) is 5.92 Å². The number of hydrogen-bond donors (Lipinski definition) is 4. The number of aromatic nitrogens is 2. The van der Waals surface area contributed by atoms with Crippen molar-refractivity contribution in [1.82, 2.24) is 15.3 Å². The molecule has 1 amide bonds. The number of hydrogen-bond acceptors (Lipinski definition) is 3. The lowest BCUT2D eigenvalue weighted by atomic mass is 10.1. The van der Waals surface area contributed by atoms with Crippen LogP contribution in [0.4, 0.5) is 0 Å². The molecule has 2 unspecified atom stereocenters. The van der Waals surface area contributed by atoms with Crippen LogP contribution < -0.4 is 11.0 Å². The van der Waals surface area contributed by atoms with Gasteiger partial charge >= 0.3 is 11.7 Å². The number of rotatable bonds is 3. The molecule has 1 fully saturated rings. The van der Waals surface area contributed by atoms with Crippen LogP contribution in [0.15, 0.2) is 11.0 Å². The largest absolute Gasteiger partial charge is 0.481 e. The summed E-state index contributed by atoms with van der Waals surface area (Å²) < 4.78 is 0. The maximum atomic E-state index is 11.6. The summed E-state index contributed by atoms with van der Waals surface area (Å²) in [5.41, 5.74) is -0.279. The molecule has 92 valence electrons. The molecule has 1 heterocycles. The Balaban J connectivity index is 1.92. The van der Waals surface area contributed by atoms with E-state index in [-0.39, 0.29) is 23.6 Å². The number of aromatic amines is 2. The van der Waals surface area contributed by atoms with E-state index in [9.17, 15) is 14.4 Å². The van der Waals surface area contributed by atoms with Gasteiger partial charge in [-0.15, -0.1) is 0 Å². The van der Waals surface area contributed by atoms with Gasteiger partial charge in [-0.25, -0.2) is 4.79 Å². The first-order chi connectivity index (χ1) is 8.06. The second kappa shape index (κ2) is 4.44. The molecule has 0 aliphatic heterocycles. The predicted molar refractivity (Wildman–Crippen MR) is 57.6 cm³/mol. The quantitative estimate of drug-likeness (QED) is 0.578. The molecular formula is C10H13N3O4. The van der Waals surface area contributed by atoms with E-state index in [1.165, 1.54) is 6.20 Å². The summed E-state index contributed by atoms with van der Waals surface area (Å²) in [6.45, 7) is 0. The fourth-order valence-electron chi connectivity index (χ4n) is 2.05. The normalized spacial score (nSPS) is 23.5. The number of carbonyl (C=O) groups is 2. The van der Waals surface area contributed by atoms with Crippen molar-refractivity contribution in [2.24, 2.45) is 5.92 Å². The van der Waals surface area contributed by atoms with E-state index in [0.29, 0.717) is 19.3 Å². The summed E-state index contributed by atoms with van der Waals surface area (Å²) in [6.07, 6.45) is 2.96. The summed E-state index contributed by atoms with van der Waals surface area (Å²) in [6, 6.07) is -0.137. The maximum absolute atomic E-state index is 11.6. The molecule has 1 aliphatic carbocycles. The Kier molecular flexibility index (Phi) is 2.99. The van der Waals surface area contributed by atoms with Crippen LogP contribution in [0.25, 0.3) is 0 Å². The van der Waals surface area contributed by atoms with Gasteiger partial charge in [-0.2, -0.15) is 0 Å². The van der Waals surface area contributed by atoms with Crippen molar-refractivity contribution in [3.63, 3.8) is 0 Å². The topological polar surface area (TPSA) is 115 Å². The third-order valence-corrected chi connectivity index (χ3v) is 2.96. The number of carbonyl (C=O) groups excluding carboxylic acids is 1. The van der Waals surface area contributed by atoms with E-state index in [2.05, 4.69) is 15.3 Å². The SMILES string of the molecule is O=C(NC1CCC(C(=O)O)C1)c1c[nH]c(=O)[nH]1. The number of carboxylic acids is 1. The Bertz CT molecular complexity index is 490. The second-order valence-electron chi connectivity index (χ2n) is 4.18. The van der Waals surface area contributed by atoms with Crippen LogP contribution in [-0.4, -0.2) is 33.0 Å². The highest BCUT2D eigenvalue weighted by atomic mass is 16.4. The molecule has 0 radical (unpaired) electrons. The van der Waals surface area contributed by atoms with Gasteiger partial charge in [-0.05, 0) is 19.3 Å². The number of amides is 1. The molecule has 2 atom stereocenters. The molecule has 0 saturated heterocycles. The lowest BCUT2D eigenvalue weighted by Gasteiger charge is -2.10. The van der Waals surface area contributed by atoms with Crippen molar-refractivity contribution < 1.29 is 14.7 Å². The third-order valence-electron chi connectivity index (χ3n) is 2.96. The van der Waals surface area contributed by atoms with E-state index in [0.717, 1.165) is 0 Å². The highest BCUT2D eigenvalue weighted by Gasteiger charge is 2.30. The summed E-state index contributed by atoms with van der Waals surface area (Å²) in [4.78, 5) is 37.9. The van der Waals surface area contributed by atoms with Crippen molar-refractivity contribution in [2.75, 3.05) is 0 Å². The van der Waals surface area contributed by atoms with Gasteiger partial charge < -0.3 is 20.4 Å². The molecule has 0 aromatic carbocycles. The van der Waals surface area contributed by atoms with E-state index >= 15 is 0 Å². The molecule has 1 aliphatic rings. The Hall–Kier alpha value is -2.05. The maximum Gasteiger partial charge on any atom is 0.323 e. The highest BCUT2D eigenvalue weighted by Crippen LogP contribution is 2.25. The lowest BCUT2D eigenvalue weighted by molar-refractivity contribution is -0.141. The average molecular weight is 239 g/mol. The van der Waals surface area contributed by atoms with Gasteiger partial charge in [0.15, 0.2) is 0 Å². The summed E-state index contributed by atoms with van der Waals surface area (Å²) in [5, 5.41) is 11.5. The van der Waals surface area contributed by atoms with E-state index in [1.54, 1.807) is 0 Å². The Morgan fingerprint density at radius 3 is 2.71 bits per heavy atom. The van der Waals surface area contributed by atoms with Crippen LogP contribution in [-0.2, 0) is 4.79 Å². The molecule has 7 nitrogen and oxygen atoms in total. The van der Waals surface area contributed by atoms with Gasteiger partial charge in [-0.3, -0.25) is 9.59 Å². The van der Waals surface area contributed by atoms with Crippen molar-refractivity contribution in [3.05, 3.63) is 22.4 Å². The zero-order valence-corrected chi connectivity index (χ0v) is 9.03. The molecule has 1 aromatic rings. The first kappa shape index (κ1) is 11.4. The van der Waals surface area contributed by atoms with Gasteiger partial charge in [0.2, 0.25) is 0 Å². The molecule has 7 heteroatoms. The first-order valence-electron chi connectivity index (χ1n) is 5.37. The minimum atomic E-state index is -0.822. The summed E-state index contributed by atoms with van der Waals surface area (Å²) >= 11 is 0. The molecule has 17 heavy (non-hydrogen) atoms. The van der Waals surface area contributed by atoms with Crippen LogP contribution >= 0.6 is 0 Å². The smallest absolute Gasteiger partial charge is 0.323 e. The molecule has 2 rings (SSSR count). The number of carboxylic acid groups (broad SMARTS) is 1. The van der Waals surface area contributed by atoms with E-state index in [1.807, 2.05) is 0 Å². The lowest BCUT2D eigenvalue weighted by Crippen LogP contribution is -2.33. The molecule has 1 aromatic heterocycles. The van der Waals surface area contributed by atoms with Crippen LogP contribution in [0.3, 0.4) is 0 Å². The third kappa shape index (κ3) is 2.55. The minimum absolute atomic E-state index is 0.137. The van der Waals surface area contributed by atoms with Crippen molar-refractivity contribution in [1.29, 1.82) is 0 Å². The van der Waals surface area contributed by atoms with Gasteiger partial charge in [0, 0.05) is 12.2 Å². The standard InChI is InChI=1S/C10H13N3O4/c14-8(7-4-11-10(17)13-7)12-6-2-1-5(3-6)9(15)16/h4-6H,1-3H2,(H,12,14)(H,15,16)(H2,11,13,17). The molecule has 0 bridgehead atoms. The zero-order valence-electron chi connectivity index (χ0n) is 9.03. The van der Waals surface area contributed by atoms with Crippen LogP contribution in [0.2, 0.25) is 0 Å². The van der Waals surface area contributed by atoms with Crippen LogP contribution in [0.1, 0.15) is 29.8 Å². The zero-order chi connectivity index (χ0) is 12.4. The van der Waals surface area contributed by atoms with Crippen LogP contribution in [0.5, 0.6) is 0 Å². The van der Waals surface area contributed by atoms with E-state index in [4.69, 9.17) is 5.11 Å². The highest BCUT2D eigenvalue weighted by molar-refractivity contribution is 5.92. The number of nitrogens with one attached hydrogen (secondary N) is 3. The van der Waals surface area contributed by atoms with Crippen molar-refractivity contribution >= 4 is 11.9 Å².